The Balaban J connectivity index is 2.08. The first kappa shape index (κ1) is 17.1. The smallest absolute Gasteiger partial charge is 0.166 e. The Morgan fingerprint density at radius 3 is 2.27 bits per heavy atom. The lowest BCUT2D eigenvalue weighted by atomic mass is 9.87. The van der Waals surface area contributed by atoms with Gasteiger partial charge < -0.3 is 0 Å². The van der Waals surface area contributed by atoms with E-state index in [1.165, 1.54) is 11.6 Å². The predicted molar refractivity (Wildman–Crippen MR) is 95.6 cm³/mol. The van der Waals surface area contributed by atoms with Crippen LogP contribution in [0.4, 0.5) is 5.82 Å². The number of hydrazone groups is 1. The Morgan fingerprint density at radius 1 is 1.05 bits per heavy atom. The first-order valence-electron chi connectivity index (χ1n) is 6.68. The van der Waals surface area contributed by atoms with Crippen molar-refractivity contribution in [2.24, 2.45) is 5.10 Å². The van der Waals surface area contributed by atoms with Crippen LogP contribution in [-0.2, 0) is 5.41 Å². The molecule has 1 aromatic carbocycles. The molecule has 116 valence electrons. The van der Waals surface area contributed by atoms with Gasteiger partial charge in [-0.2, -0.15) is 5.10 Å². The summed E-state index contributed by atoms with van der Waals surface area (Å²) in [7, 11) is 0. The highest BCUT2D eigenvalue weighted by atomic mass is 35.5. The van der Waals surface area contributed by atoms with Gasteiger partial charge in [-0.1, -0.05) is 79.8 Å². The Kier molecular flexibility index (Phi) is 5.32. The van der Waals surface area contributed by atoms with Crippen LogP contribution in [0.5, 0.6) is 0 Å². The van der Waals surface area contributed by atoms with Gasteiger partial charge in [0.15, 0.2) is 5.82 Å². The molecule has 3 nitrogen and oxygen atoms in total. The Hall–Kier alpha value is -1.29. The van der Waals surface area contributed by atoms with E-state index in [4.69, 9.17) is 34.8 Å². The molecule has 6 heteroatoms. The van der Waals surface area contributed by atoms with E-state index in [1.54, 1.807) is 6.21 Å². The van der Waals surface area contributed by atoms with Crippen molar-refractivity contribution < 1.29 is 0 Å². The third kappa shape index (κ3) is 4.35. The monoisotopic (exact) mass is 355 g/mol. The second-order valence-electron chi connectivity index (χ2n) is 5.83. The van der Waals surface area contributed by atoms with Crippen molar-refractivity contribution >= 4 is 46.8 Å². The summed E-state index contributed by atoms with van der Waals surface area (Å²) >= 11 is 17.7. The van der Waals surface area contributed by atoms with Crippen LogP contribution in [0.1, 0.15) is 31.9 Å². The summed E-state index contributed by atoms with van der Waals surface area (Å²) in [6, 6.07) is 9.72. The molecule has 0 unspecified atom stereocenters. The van der Waals surface area contributed by atoms with E-state index in [0.717, 1.165) is 5.56 Å². The molecule has 0 radical (unpaired) electrons. The maximum Gasteiger partial charge on any atom is 0.166 e. The lowest BCUT2D eigenvalue weighted by Crippen LogP contribution is -2.10. The van der Waals surface area contributed by atoms with Crippen molar-refractivity contribution in [1.82, 2.24) is 4.98 Å². The molecule has 0 bridgehead atoms. The first-order valence-corrected chi connectivity index (χ1v) is 7.82. The van der Waals surface area contributed by atoms with Gasteiger partial charge in [0.1, 0.15) is 5.15 Å². The van der Waals surface area contributed by atoms with Crippen LogP contribution in [-0.4, -0.2) is 11.2 Å². The molecule has 0 saturated heterocycles. The first-order chi connectivity index (χ1) is 10.3. The van der Waals surface area contributed by atoms with Crippen molar-refractivity contribution in [3.05, 3.63) is 56.7 Å². The van der Waals surface area contributed by atoms with E-state index in [-0.39, 0.29) is 10.6 Å². The molecule has 22 heavy (non-hydrogen) atoms. The van der Waals surface area contributed by atoms with Crippen LogP contribution in [0.15, 0.2) is 35.4 Å². The van der Waals surface area contributed by atoms with Gasteiger partial charge in [0.25, 0.3) is 0 Å². The van der Waals surface area contributed by atoms with Crippen LogP contribution in [0.2, 0.25) is 15.2 Å². The van der Waals surface area contributed by atoms with Gasteiger partial charge in [-0.05, 0) is 22.6 Å². The highest BCUT2D eigenvalue weighted by Gasteiger charge is 2.12. The number of rotatable bonds is 3. The van der Waals surface area contributed by atoms with Crippen molar-refractivity contribution in [2.45, 2.75) is 26.2 Å². The molecule has 0 amide bonds. The molecular weight excluding hydrogens is 341 g/mol. The standard InChI is InChI=1S/C16H16Cl3N3/c1-16(2,3)11-6-4-10(5-7-11)9-20-22-15-13(18)8-12(17)14(19)21-15/h4-9H,1-3H3,(H,21,22). The minimum Gasteiger partial charge on any atom is -0.260 e. The van der Waals surface area contributed by atoms with Crippen LogP contribution < -0.4 is 5.43 Å². The molecule has 2 aromatic rings. The van der Waals surface area contributed by atoms with Gasteiger partial charge in [-0.3, -0.25) is 5.43 Å². The van der Waals surface area contributed by atoms with Crippen molar-refractivity contribution in [1.29, 1.82) is 0 Å². The number of nitrogens with one attached hydrogen (secondary N) is 1. The molecule has 1 aromatic heterocycles. The summed E-state index contributed by atoms with van der Waals surface area (Å²) in [6.45, 7) is 6.53. The van der Waals surface area contributed by atoms with Gasteiger partial charge in [-0.15, -0.1) is 0 Å². The van der Waals surface area contributed by atoms with E-state index >= 15 is 0 Å². The molecule has 0 atom stereocenters. The number of hydrogen-bond acceptors (Lipinski definition) is 3. The molecule has 0 aliphatic carbocycles. The number of anilines is 1. The van der Waals surface area contributed by atoms with Crippen LogP contribution in [0.3, 0.4) is 0 Å². The summed E-state index contributed by atoms with van der Waals surface area (Å²) in [5.74, 6) is 0.360. The Morgan fingerprint density at radius 2 is 1.68 bits per heavy atom. The minimum atomic E-state index is 0.130. The van der Waals surface area contributed by atoms with Crippen LogP contribution in [0.25, 0.3) is 0 Å². The lowest BCUT2D eigenvalue weighted by molar-refractivity contribution is 0.590. The third-order valence-electron chi connectivity index (χ3n) is 3.05. The second kappa shape index (κ2) is 6.86. The minimum absolute atomic E-state index is 0.130. The zero-order chi connectivity index (χ0) is 16.3. The number of halogens is 3. The quantitative estimate of drug-likeness (QED) is 0.429. The average molecular weight is 357 g/mol. The molecule has 1 N–H and O–H groups in total. The summed E-state index contributed by atoms with van der Waals surface area (Å²) in [5, 5.41) is 4.95. The number of aromatic nitrogens is 1. The number of pyridine rings is 1. The number of hydrogen-bond donors (Lipinski definition) is 1. The average Bonchev–Trinajstić information content (AvgIpc) is 2.44. The summed E-state index contributed by atoms with van der Waals surface area (Å²) < 4.78 is 0. The van der Waals surface area contributed by atoms with Gasteiger partial charge in [0.05, 0.1) is 16.3 Å². The Labute approximate surface area is 145 Å². The fourth-order valence-corrected chi connectivity index (χ4v) is 2.30. The highest BCUT2D eigenvalue weighted by molar-refractivity contribution is 6.42. The fourth-order valence-electron chi connectivity index (χ4n) is 1.76. The van der Waals surface area contributed by atoms with Crippen molar-refractivity contribution in [2.75, 3.05) is 5.43 Å². The molecule has 0 aliphatic heterocycles. The second-order valence-corrected chi connectivity index (χ2v) is 7.01. The molecule has 0 spiro atoms. The Bertz CT molecular complexity index is 689. The maximum atomic E-state index is 6.01. The maximum absolute atomic E-state index is 6.01. The van der Waals surface area contributed by atoms with Gasteiger partial charge in [0.2, 0.25) is 0 Å². The van der Waals surface area contributed by atoms with Crippen molar-refractivity contribution in [3.8, 4) is 0 Å². The van der Waals surface area contributed by atoms with Crippen LogP contribution in [0, 0.1) is 0 Å². The van der Waals surface area contributed by atoms with E-state index in [1.807, 2.05) is 12.1 Å². The zero-order valence-corrected chi connectivity index (χ0v) is 14.8. The fraction of sp³-hybridized carbons (Fsp3) is 0.250. The van der Waals surface area contributed by atoms with Gasteiger partial charge >= 0.3 is 0 Å². The normalized spacial score (nSPS) is 11.9. The van der Waals surface area contributed by atoms with E-state index < -0.39 is 0 Å². The van der Waals surface area contributed by atoms with E-state index in [9.17, 15) is 0 Å². The SMILES string of the molecule is CC(C)(C)c1ccc(C=NNc2nc(Cl)c(Cl)cc2Cl)cc1. The van der Waals surface area contributed by atoms with Gasteiger partial charge in [0, 0.05) is 0 Å². The topological polar surface area (TPSA) is 37.3 Å². The van der Waals surface area contributed by atoms with Crippen LogP contribution >= 0.6 is 34.8 Å². The highest BCUT2D eigenvalue weighted by Crippen LogP contribution is 2.28. The van der Waals surface area contributed by atoms with Crippen molar-refractivity contribution in [3.63, 3.8) is 0 Å². The molecular formula is C16H16Cl3N3. The number of benzene rings is 1. The predicted octanol–water partition coefficient (Wildman–Crippen LogP) is 5.79. The number of nitrogens with zero attached hydrogens (tertiary/aromatic N) is 2. The molecule has 0 saturated carbocycles. The summed E-state index contributed by atoms with van der Waals surface area (Å²) in [4.78, 5) is 4.03. The largest absolute Gasteiger partial charge is 0.260 e. The van der Waals surface area contributed by atoms with Gasteiger partial charge in [-0.25, -0.2) is 4.98 Å². The molecule has 0 aliphatic rings. The van der Waals surface area contributed by atoms with E-state index in [2.05, 4.69) is 48.4 Å². The van der Waals surface area contributed by atoms with E-state index in [0.29, 0.717) is 15.9 Å². The molecule has 1 heterocycles. The third-order valence-corrected chi connectivity index (χ3v) is 4.01. The molecule has 0 fully saturated rings. The molecule has 2 rings (SSSR count). The lowest BCUT2D eigenvalue weighted by Gasteiger charge is -2.18. The summed E-state index contributed by atoms with van der Waals surface area (Å²) in [6.07, 6.45) is 1.69. The zero-order valence-electron chi connectivity index (χ0n) is 12.5. The summed E-state index contributed by atoms with van der Waals surface area (Å²) in [5.41, 5.74) is 5.13.